The first kappa shape index (κ1) is 28.8. The molecule has 1 amide bonds. The third kappa shape index (κ3) is 6.27. The summed E-state index contributed by atoms with van der Waals surface area (Å²) in [6, 6.07) is 16.3. The van der Waals surface area contributed by atoms with Gasteiger partial charge in [0.05, 0.1) is 29.7 Å². The molecule has 42 heavy (non-hydrogen) atoms. The number of amides is 1. The van der Waals surface area contributed by atoms with Gasteiger partial charge >= 0.3 is 12.1 Å². The van der Waals surface area contributed by atoms with Crippen molar-refractivity contribution < 1.29 is 19.4 Å². The second-order valence-electron chi connectivity index (χ2n) is 11.6. The van der Waals surface area contributed by atoms with E-state index in [1.165, 1.54) is 0 Å². The number of nitrogens with zero attached hydrogens (tertiary/aromatic N) is 3. The lowest BCUT2D eigenvalue weighted by Gasteiger charge is -2.24. The van der Waals surface area contributed by atoms with Gasteiger partial charge < -0.3 is 24.7 Å². The van der Waals surface area contributed by atoms with Crippen LogP contribution in [0.25, 0.3) is 33.6 Å². The predicted molar refractivity (Wildman–Crippen MR) is 161 cm³/mol. The first-order valence-corrected chi connectivity index (χ1v) is 14.1. The number of aromatic amines is 2. The van der Waals surface area contributed by atoms with Gasteiger partial charge in [0.15, 0.2) is 0 Å². The number of hydrogen-bond acceptors (Lipinski definition) is 6. The molecule has 1 saturated heterocycles. The molecule has 1 aliphatic rings. The molecule has 4 N–H and O–H groups in total. The summed E-state index contributed by atoms with van der Waals surface area (Å²) in [7, 11) is 0. The first-order chi connectivity index (χ1) is 20.0. The number of ether oxygens (including phenoxy) is 1. The number of imidazole rings is 2. The third-order valence-electron chi connectivity index (χ3n) is 7.46. The van der Waals surface area contributed by atoms with Crippen LogP contribution in [-0.2, 0) is 9.53 Å². The van der Waals surface area contributed by atoms with E-state index in [0.717, 1.165) is 45.9 Å². The molecule has 5 rings (SSSR count). The second-order valence-corrected chi connectivity index (χ2v) is 11.6. The van der Waals surface area contributed by atoms with E-state index >= 15 is 0 Å². The van der Waals surface area contributed by atoms with Gasteiger partial charge in [-0.05, 0) is 55.9 Å². The highest BCUT2D eigenvalue weighted by Gasteiger charge is 2.32. The van der Waals surface area contributed by atoms with Gasteiger partial charge in [-0.15, -0.1) is 0 Å². The molecule has 2 aromatic heterocycles. The van der Waals surface area contributed by atoms with Crippen LogP contribution in [0.5, 0.6) is 0 Å². The molecule has 0 aliphatic carbocycles. The fraction of sp³-hybridized carbons (Fsp3) is 0.344. The van der Waals surface area contributed by atoms with Gasteiger partial charge in [-0.2, -0.15) is 0 Å². The van der Waals surface area contributed by atoms with Gasteiger partial charge in [-0.25, -0.2) is 19.6 Å². The number of benzene rings is 2. The number of carboxylic acids is 1. The molecule has 2 atom stereocenters. The van der Waals surface area contributed by atoms with Gasteiger partial charge in [-0.1, -0.05) is 55.5 Å². The first-order valence-electron chi connectivity index (χ1n) is 14.1. The maximum atomic E-state index is 12.4. The predicted octanol–water partition coefficient (Wildman–Crippen LogP) is 6.46. The summed E-state index contributed by atoms with van der Waals surface area (Å²) in [5, 5.41) is 17.1. The van der Waals surface area contributed by atoms with Crippen LogP contribution in [0.4, 0.5) is 4.79 Å². The molecule has 10 nitrogen and oxygen atoms in total. The highest BCUT2D eigenvalue weighted by atomic mass is 16.6. The van der Waals surface area contributed by atoms with Crippen LogP contribution < -0.4 is 0 Å². The van der Waals surface area contributed by atoms with Crippen molar-refractivity contribution in [2.75, 3.05) is 13.1 Å². The Morgan fingerprint density at radius 2 is 1.52 bits per heavy atom. The van der Waals surface area contributed by atoms with E-state index in [-0.39, 0.29) is 17.7 Å². The van der Waals surface area contributed by atoms with Crippen molar-refractivity contribution in [2.24, 2.45) is 0 Å². The number of aromatic nitrogens is 4. The quantitative estimate of drug-likeness (QED) is 0.179. The standard InChI is InChI=1S/C32H36N6O4/c1-5-24(27(33)30(39)40)29-35-17-26(37-29)22-12-8-20(9-13-22)19-6-10-21(11-7-19)25-16-34-28(36-25)23-14-15-38(18-23)31(41)42-32(2,3)4/h6-13,16-17,23-24,33H,5,14-15,18H2,1-4H3,(H,34,36)(H,35,37)(H,39,40). The second kappa shape index (κ2) is 11.6. The van der Waals surface area contributed by atoms with Crippen molar-refractivity contribution >= 4 is 17.8 Å². The van der Waals surface area contributed by atoms with Gasteiger partial charge in [0, 0.05) is 19.0 Å². The lowest BCUT2D eigenvalue weighted by molar-refractivity contribution is -0.129. The molecule has 10 heteroatoms. The average molecular weight is 569 g/mol. The molecular weight excluding hydrogens is 532 g/mol. The molecule has 0 radical (unpaired) electrons. The van der Waals surface area contributed by atoms with Crippen molar-refractivity contribution in [1.29, 1.82) is 5.41 Å². The third-order valence-corrected chi connectivity index (χ3v) is 7.46. The molecule has 0 bridgehead atoms. The Bertz CT molecular complexity index is 1580. The van der Waals surface area contributed by atoms with Gasteiger partial charge in [0.2, 0.25) is 0 Å². The number of carbonyl (C=O) groups is 2. The molecule has 1 aliphatic heterocycles. The van der Waals surface area contributed by atoms with E-state index in [1.807, 2.05) is 58.2 Å². The SMILES string of the molecule is CCC(C(=N)C(=O)O)c1ncc(-c2ccc(-c3ccc(-c4cnc(C5CCN(C(=O)OC(C)(C)C)C5)[nH]4)cc3)cc2)[nH]1. The summed E-state index contributed by atoms with van der Waals surface area (Å²) in [6.45, 7) is 8.69. The van der Waals surface area contributed by atoms with E-state index in [4.69, 9.17) is 10.1 Å². The van der Waals surface area contributed by atoms with E-state index < -0.39 is 17.5 Å². The summed E-state index contributed by atoms with van der Waals surface area (Å²) in [5.41, 5.74) is 4.90. The maximum Gasteiger partial charge on any atom is 0.410 e. The van der Waals surface area contributed by atoms with Crippen molar-refractivity contribution in [3.8, 4) is 33.6 Å². The molecule has 3 heterocycles. The van der Waals surface area contributed by atoms with E-state index in [2.05, 4.69) is 44.2 Å². The molecule has 218 valence electrons. The zero-order valence-electron chi connectivity index (χ0n) is 24.3. The van der Waals surface area contributed by atoms with Crippen molar-refractivity contribution in [3.05, 3.63) is 72.6 Å². The maximum absolute atomic E-state index is 12.4. The zero-order chi connectivity index (χ0) is 30.0. The number of hydrogen-bond donors (Lipinski definition) is 4. The van der Waals surface area contributed by atoms with Crippen LogP contribution in [0.2, 0.25) is 0 Å². The minimum atomic E-state index is -1.23. The van der Waals surface area contributed by atoms with Crippen LogP contribution >= 0.6 is 0 Å². The Morgan fingerprint density at radius 1 is 0.976 bits per heavy atom. The van der Waals surface area contributed by atoms with E-state index in [0.29, 0.717) is 25.3 Å². The van der Waals surface area contributed by atoms with Crippen LogP contribution in [0.1, 0.15) is 64.0 Å². The molecule has 2 aromatic carbocycles. The lowest BCUT2D eigenvalue weighted by Crippen LogP contribution is -2.35. The van der Waals surface area contributed by atoms with Crippen LogP contribution in [0.3, 0.4) is 0 Å². The smallest absolute Gasteiger partial charge is 0.410 e. The van der Waals surface area contributed by atoms with E-state index in [9.17, 15) is 14.7 Å². The number of carboxylic acid groups (broad SMARTS) is 1. The largest absolute Gasteiger partial charge is 0.477 e. The van der Waals surface area contributed by atoms with Crippen LogP contribution in [0, 0.1) is 5.41 Å². The van der Waals surface area contributed by atoms with Crippen LogP contribution in [0.15, 0.2) is 60.9 Å². The highest BCUT2D eigenvalue weighted by Crippen LogP contribution is 2.30. The summed E-state index contributed by atoms with van der Waals surface area (Å²) >= 11 is 0. The summed E-state index contributed by atoms with van der Waals surface area (Å²) in [4.78, 5) is 41.0. The molecule has 1 fully saturated rings. The van der Waals surface area contributed by atoms with Crippen molar-refractivity contribution in [3.63, 3.8) is 0 Å². The number of rotatable bonds is 8. The molecule has 0 saturated carbocycles. The normalized spacial score (nSPS) is 15.9. The minimum absolute atomic E-state index is 0.146. The number of nitrogens with one attached hydrogen (secondary N) is 3. The highest BCUT2D eigenvalue weighted by molar-refractivity contribution is 6.36. The van der Waals surface area contributed by atoms with Crippen LogP contribution in [-0.4, -0.2) is 66.4 Å². The number of carbonyl (C=O) groups excluding carboxylic acids is 1. The van der Waals surface area contributed by atoms with Gasteiger partial charge in [0.25, 0.3) is 0 Å². The summed E-state index contributed by atoms with van der Waals surface area (Å²) in [5.74, 6) is -0.307. The molecule has 4 aromatic rings. The zero-order valence-corrected chi connectivity index (χ0v) is 24.3. The fourth-order valence-electron chi connectivity index (χ4n) is 5.19. The Balaban J connectivity index is 1.23. The van der Waals surface area contributed by atoms with E-state index in [1.54, 1.807) is 11.1 Å². The Kier molecular flexibility index (Phi) is 7.98. The molecule has 2 unspecified atom stereocenters. The minimum Gasteiger partial charge on any atom is -0.477 e. The Morgan fingerprint density at radius 3 is 2.07 bits per heavy atom. The number of likely N-dealkylation sites (tertiary alicyclic amines) is 1. The Hall–Kier alpha value is -4.73. The lowest BCUT2D eigenvalue weighted by atomic mass is 9.99. The van der Waals surface area contributed by atoms with Crippen molar-refractivity contribution in [1.82, 2.24) is 24.8 Å². The molecule has 0 spiro atoms. The fourth-order valence-corrected chi connectivity index (χ4v) is 5.19. The topological polar surface area (TPSA) is 148 Å². The van der Waals surface area contributed by atoms with Gasteiger partial charge in [-0.3, -0.25) is 5.41 Å². The monoisotopic (exact) mass is 568 g/mol. The summed E-state index contributed by atoms with van der Waals surface area (Å²) < 4.78 is 5.51. The van der Waals surface area contributed by atoms with Crippen molar-refractivity contribution in [2.45, 2.75) is 58.0 Å². The number of H-pyrrole nitrogens is 2. The van der Waals surface area contributed by atoms with Gasteiger partial charge in [0.1, 0.15) is 23.0 Å². The summed E-state index contributed by atoms with van der Waals surface area (Å²) in [6.07, 6.45) is 4.55. The molecular formula is C32H36N6O4. The Labute approximate surface area is 244 Å². The average Bonchev–Trinajstić information content (AvgIpc) is 3.74. The number of aliphatic carboxylic acids is 1.